The van der Waals surface area contributed by atoms with Crippen LogP contribution in [0.1, 0.15) is 33.6 Å². The maximum Gasteiger partial charge on any atom is 0.185 e. The van der Waals surface area contributed by atoms with Gasteiger partial charge in [-0.1, -0.05) is 36.7 Å². The van der Waals surface area contributed by atoms with Gasteiger partial charge in [-0.25, -0.2) is 0 Å². The Balaban J connectivity index is 1.87. The number of hydrazone groups is 1. The number of halogens is 1. The molecule has 106 valence electrons. The molecule has 2 saturated carbocycles. The molecule has 1 N–H and O–H groups in total. The van der Waals surface area contributed by atoms with Gasteiger partial charge in [-0.2, -0.15) is 5.10 Å². The Morgan fingerprint density at radius 1 is 1.25 bits per heavy atom. The number of carbonyl (C=O) groups is 1. The molecule has 3 nitrogen and oxygen atoms in total. The number of hydrogen-bond donors (Lipinski definition) is 1. The van der Waals surface area contributed by atoms with Crippen molar-refractivity contribution in [3.05, 3.63) is 28.7 Å². The Labute approximate surface area is 128 Å². The summed E-state index contributed by atoms with van der Waals surface area (Å²) in [5, 5.41) is 4.43. The normalized spacial score (nSPS) is 32.9. The van der Waals surface area contributed by atoms with E-state index in [1.165, 1.54) is 0 Å². The van der Waals surface area contributed by atoms with E-state index in [1.807, 2.05) is 24.3 Å². The molecule has 2 bridgehead atoms. The Hall–Kier alpha value is -1.16. The first kappa shape index (κ1) is 13.8. The highest BCUT2D eigenvalue weighted by Gasteiger charge is 2.65. The van der Waals surface area contributed by atoms with Gasteiger partial charge < -0.3 is 0 Å². The molecule has 0 spiro atoms. The molecule has 2 atom stereocenters. The molecule has 3 rings (SSSR count). The van der Waals surface area contributed by atoms with Crippen LogP contribution in [0.2, 0.25) is 0 Å². The highest BCUT2D eigenvalue weighted by molar-refractivity contribution is 9.10. The van der Waals surface area contributed by atoms with Crippen molar-refractivity contribution >= 4 is 33.1 Å². The van der Waals surface area contributed by atoms with Crippen molar-refractivity contribution in [1.29, 1.82) is 0 Å². The molecule has 0 amide bonds. The molecular weight excluding hydrogens is 316 g/mol. The van der Waals surface area contributed by atoms with Crippen molar-refractivity contribution in [3.63, 3.8) is 0 Å². The summed E-state index contributed by atoms with van der Waals surface area (Å²) in [5.41, 5.74) is 4.44. The van der Waals surface area contributed by atoms with Gasteiger partial charge >= 0.3 is 0 Å². The fourth-order valence-electron chi connectivity index (χ4n) is 3.60. The van der Waals surface area contributed by atoms with Crippen LogP contribution in [0.15, 0.2) is 33.8 Å². The second kappa shape index (κ2) is 4.42. The lowest BCUT2D eigenvalue weighted by Crippen LogP contribution is -2.33. The maximum absolute atomic E-state index is 12.6. The number of nitrogens with zero attached hydrogens (tertiary/aromatic N) is 1. The van der Waals surface area contributed by atoms with E-state index in [-0.39, 0.29) is 22.5 Å². The van der Waals surface area contributed by atoms with E-state index in [0.29, 0.717) is 0 Å². The number of fused-ring (bicyclic) bond motifs is 2. The largest absolute Gasteiger partial charge is 0.292 e. The van der Waals surface area contributed by atoms with Crippen molar-refractivity contribution in [1.82, 2.24) is 0 Å². The third kappa shape index (κ3) is 1.77. The highest BCUT2D eigenvalue weighted by Crippen LogP contribution is 2.62. The van der Waals surface area contributed by atoms with E-state index in [9.17, 15) is 4.79 Å². The van der Waals surface area contributed by atoms with Crippen molar-refractivity contribution in [3.8, 4) is 0 Å². The van der Waals surface area contributed by atoms with E-state index in [0.717, 1.165) is 28.7 Å². The van der Waals surface area contributed by atoms with Crippen LogP contribution in [0.4, 0.5) is 5.69 Å². The predicted octanol–water partition coefficient (Wildman–Crippen LogP) is 4.24. The SMILES string of the molecule is CC1(C)[C@H]2CC[C@]1(C)C(=O)/C2=N/Nc1ccc(Br)cc1. The summed E-state index contributed by atoms with van der Waals surface area (Å²) in [6.45, 7) is 6.49. The fraction of sp³-hybridized carbons (Fsp3) is 0.500. The summed E-state index contributed by atoms with van der Waals surface area (Å²) in [4.78, 5) is 12.6. The molecule has 0 aliphatic heterocycles. The Morgan fingerprint density at radius 2 is 1.90 bits per heavy atom. The number of Topliss-reactive ketones (excluding diaryl/α,β-unsaturated/α-hetero) is 1. The summed E-state index contributed by atoms with van der Waals surface area (Å²) in [6, 6.07) is 7.80. The number of anilines is 1. The van der Waals surface area contributed by atoms with Crippen LogP contribution in [0, 0.1) is 16.7 Å². The molecule has 2 fully saturated rings. The fourth-order valence-corrected chi connectivity index (χ4v) is 3.87. The van der Waals surface area contributed by atoms with Crippen LogP contribution in [-0.4, -0.2) is 11.5 Å². The van der Waals surface area contributed by atoms with Crippen LogP contribution in [0.3, 0.4) is 0 Å². The second-order valence-corrected chi connectivity index (χ2v) is 7.51. The topological polar surface area (TPSA) is 41.5 Å². The Morgan fingerprint density at radius 3 is 2.45 bits per heavy atom. The standard InChI is InChI=1S/C16H19BrN2O/c1-15(2)12-8-9-16(15,3)14(20)13(12)19-18-11-6-4-10(17)5-7-11/h4-7,12,18H,8-9H2,1-3H3/b19-13+/t12-,16+/m0/s1. The Bertz CT molecular complexity index is 591. The first-order valence-corrected chi connectivity index (χ1v) is 7.79. The minimum Gasteiger partial charge on any atom is -0.292 e. The molecule has 0 saturated heterocycles. The molecule has 20 heavy (non-hydrogen) atoms. The molecule has 2 aliphatic carbocycles. The lowest BCUT2D eigenvalue weighted by atomic mass is 9.70. The summed E-state index contributed by atoms with van der Waals surface area (Å²) in [6.07, 6.45) is 2.05. The monoisotopic (exact) mass is 334 g/mol. The number of rotatable bonds is 2. The number of nitrogens with one attached hydrogen (secondary N) is 1. The number of carbonyl (C=O) groups excluding carboxylic acids is 1. The van der Waals surface area contributed by atoms with Crippen molar-refractivity contribution in [2.45, 2.75) is 33.6 Å². The van der Waals surface area contributed by atoms with E-state index in [1.54, 1.807) is 0 Å². The van der Waals surface area contributed by atoms with Gasteiger partial charge in [-0.05, 0) is 42.5 Å². The van der Waals surface area contributed by atoms with Crippen LogP contribution in [0.25, 0.3) is 0 Å². The van der Waals surface area contributed by atoms with Crippen LogP contribution in [-0.2, 0) is 4.79 Å². The molecule has 2 aliphatic rings. The molecule has 0 unspecified atom stereocenters. The minimum atomic E-state index is -0.238. The smallest absolute Gasteiger partial charge is 0.185 e. The zero-order valence-corrected chi connectivity index (χ0v) is 13.6. The third-order valence-electron chi connectivity index (χ3n) is 5.44. The molecule has 4 heteroatoms. The maximum atomic E-state index is 12.6. The van der Waals surface area contributed by atoms with Crippen molar-refractivity contribution in [2.75, 3.05) is 5.43 Å². The molecule has 0 heterocycles. The summed E-state index contributed by atoms with van der Waals surface area (Å²) >= 11 is 3.40. The van der Waals surface area contributed by atoms with Crippen LogP contribution in [0.5, 0.6) is 0 Å². The summed E-state index contributed by atoms with van der Waals surface area (Å²) in [7, 11) is 0. The first-order chi connectivity index (χ1) is 9.36. The van der Waals surface area contributed by atoms with Gasteiger partial charge in [0, 0.05) is 15.8 Å². The summed E-state index contributed by atoms with van der Waals surface area (Å²) in [5.74, 6) is 0.506. The van der Waals surface area contributed by atoms with Gasteiger partial charge in [-0.3, -0.25) is 10.2 Å². The lowest BCUT2D eigenvalue weighted by Gasteiger charge is -2.31. The van der Waals surface area contributed by atoms with Gasteiger partial charge in [0.05, 0.1) is 5.69 Å². The molecule has 1 aromatic rings. The number of benzene rings is 1. The zero-order chi connectivity index (χ0) is 14.5. The third-order valence-corrected chi connectivity index (χ3v) is 5.97. The minimum absolute atomic E-state index is 0.0182. The van der Waals surface area contributed by atoms with E-state index >= 15 is 0 Å². The van der Waals surface area contributed by atoms with E-state index in [4.69, 9.17) is 0 Å². The lowest BCUT2D eigenvalue weighted by molar-refractivity contribution is -0.123. The number of ketones is 1. The van der Waals surface area contributed by atoms with Gasteiger partial charge in [-0.15, -0.1) is 0 Å². The quantitative estimate of drug-likeness (QED) is 0.821. The van der Waals surface area contributed by atoms with Crippen molar-refractivity contribution in [2.24, 2.45) is 21.8 Å². The average molecular weight is 335 g/mol. The number of hydrogen-bond acceptors (Lipinski definition) is 3. The molecule has 1 aromatic carbocycles. The van der Waals surface area contributed by atoms with Gasteiger partial charge in [0.25, 0.3) is 0 Å². The average Bonchev–Trinajstić information content (AvgIpc) is 2.71. The highest BCUT2D eigenvalue weighted by atomic mass is 79.9. The van der Waals surface area contributed by atoms with Gasteiger partial charge in [0.2, 0.25) is 0 Å². The molecule has 0 radical (unpaired) electrons. The predicted molar refractivity (Wildman–Crippen MR) is 84.8 cm³/mol. The van der Waals surface area contributed by atoms with Crippen LogP contribution >= 0.6 is 15.9 Å². The van der Waals surface area contributed by atoms with Gasteiger partial charge in [0.15, 0.2) is 5.78 Å². The summed E-state index contributed by atoms with van der Waals surface area (Å²) < 4.78 is 1.03. The molecular formula is C16H19BrN2O. The zero-order valence-electron chi connectivity index (χ0n) is 12.0. The van der Waals surface area contributed by atoms with Crippen LogP contribution < -0.4 is 5.43 Å². The molecule has 0 aromatic heterocycles. The van der Waals surface area contributed by atoms with Crippen molar-refractivity contribution < 1.29 is 4.79 Å². The van der Waals surface area contributed by atoms with E-state index < -0.39 is 0 Å². The first-order valence-electron chi connectivity index (χ1n) is 7.00. The second-order valence-electron chi connectivity index (χ2n) is 6.59. The Kier molecular flexibility index (Phi) is 3.05. The van der Waals surface area contributed by atoms with E-state index in [2.05, 4.69) is 47.2 Å². The van der Waals surface area contributed by atoms with Gasteiger partial charge in [0.1, 0.15) is 5.71 Å².